The zero-order chi connectivity index (χ0) is 8.48. The first kappa shape index (κ1) is 9.94. The Morgan fingerprint density at radius 2 is 1.82 bits per heavy atom. The molecule has 0 aromatic heterocycles. The lowest BCUT2D eigenvalue weighted by Gasteiger charge is -2.31. The van der Waals surface area contributed by atoms with Gasteiger partial charge in [0.2, 0.25) is 0 Å². The molecule has 0 radical (unpaired) electrons. The zero-order valence-corrected chi connectivity index (χ0v) is 8.84. The molecule has 2 nitrogen and oxygen atoms in total. The fourth-order valence-electron chi connectivity index (χ4n) is 1.52. The van der Waals surface area contributed by atoms with E-state index in [-0.39, 0.29) is 11.0 Å². The Morgan fingerprint density at radius 1 is 1.27 bits per heavy atom. The zero-order valence-electron chi connectivity index (χ0n) is 6.37. The molecule has 1 saturated carbocycles. The highest BCUT2D eigenvalue weighted by atomic mass is 35.5. The van der Waals surface area contributed by atoms with Crippen LogP contribution in [0.15, 0.2) is 0 Å². The van der Waals surface area contributed by atoms with Gasteiger partial charge in [0.15, 0.2) is 0 Å². The van der Waals surface area contributed by atoms with Gasteiger partial charge in [0.05, 0.1) is 6.34 Å². The molecule has 11 heavy (non-hydrogen) atoms. The topological polar surface area (TPSA) is 52.0 Å². The summed E-state index contributed by atoms with van der Waals surface area (Å²) in [5, 5.41) is 0.129. The van der Waals surface area contributed by atoms with Crippen molar-refractivity contribution in [1.82, 2.24) is 0 Å². The monoisotopic (exact) mass is 212 g/mol. The third kappa shape index (κ3) is 2.67. The Kier molecular flexibility index (Phi) is 3.36. The van der Waals surface area contributed by atoms with Crippen LogP contribution >= 0.6 is 17.9 Å². The van der Waals surface area contributed by atoms with Crippen LogP contribution in [0, 0.1) is 0 Å². The second-order valence-electron chi connectivity index (χ2n) is 3.13. The van der Waals surface area contributed by atoms with Crippen LogP contribution in [0.4, 0.5) is 0 Å². The summed E-state index contributed by atoms with van der Waals surface area (Å²) >= 11 is 11.1. The van der Waals surface area contributed by atoms with Crippen molar-refractivity contribution in [1.29, 1.82) is 0 Å². The van der Waals surface area contributed by atoms with E-state index in [0.29, 0.717) is 0 Å². The van der Waals surface area contributed by atoms with Crippen molar-refractivity contribution >= 4 is 29.7 Å². The number of halogens is 1. The van der Waals surface area contributed by atoms with Gasteiger partial charge >= 0.3 is 0 Å². The minimum Gasteiger partial charge on any atom is -0.291 e. The molecule has 0 heterocycles. The Hall–Kier alpha value is 0.860. The smallest absolute Gasteiger partial charge is 0.0716 e. The first-order valence-electron chi connectivity index (χ1n) is 3.83. The summed E-state index contributed by atoms with van der Waals surface area (Å²) in [6.07, 6.45) is 2.33. The molecule has 2 atom stereocenters. The highest BCUT2D eigenvalue weighted by Gasteiger charge is 2.30. The van der Waals surface area contributed by atoms with E-state index in [9.17, 15) is 0 Å². The molecular formula is C6H14ClN2PS. The number of hydrogen-bond donors (Lipinski definition) is 2. The summed E-state index contributed by atoms with van der Waals surface area (Å²) in [6.45, 7) is 0. The number of hydrogen-bond acceptors (Lipinski definition) is 1. The molecule has 1 aliphatic rings. The van der Waals surface area contributed by atoms with Gasteiger partial charge in [-0.2, -0.15) is 0 Å². The van der Waals surface area contributed by atoms with E-state index in [4.69, 9.17) is 34.4 Å². The Morgan fingerprint density at radius 3 is 2.18 bits per heavy atom. The van der Waals surface area contributed by atoms with Gasteiger partial charge in [0.25, 0.3) is 0 Å². The summed E-state index contributed by atoms with van der Waals surface area (Å²) in [4.78, 5) is 0. The largest absolute Gasteiger partial charge is 0.291 e. The Labute approximate surface area is 77.8 Å². The lowest BCUT2D eigenvalue weighted by atomic mass is 10.00. The van der Waals surface area contributed by atoms with E-state index >= 15 is 0 Å². The second kappa shape index (κ2) is 3.71. The SMILES string of the molecule is NP(N)(=S)C1CCCCC1Cl. The van der Waals surface area contributed by atoms with Crippen molar-refractivity contribution in [2.75, 3.05) is 0 Å². The van der Waals surface area contributed by atoms with Crippen LogP contribution in [0.5, 0.6) is 0 Å². The highest BCUT2D eigenvalue weighted by molar-refractivity contribution is 8.12. The van der Waals surface area contributed by atoms with E-state index in [1.54, 1.807) is 0 Å². The predicted molar refractivity (Wildman–Crippen MR) is 54.6 cm³/mol. The second-order valence-corrected chi connectivity index (χ2v) is 7.78. The molecule has 0 aromatic carbocycles. The summed E-state index contributed by atoms with van der Waals surface area (Å²) in [6, 6.07) is 0. The lowest BCUT2D eigenvalue weighted by Crippen LogP contribution is -2.31. The van der Waals surface area contributed by atoms with E-state index in [1.165, 1.54) is 12.8 Å². The molecule has 0 aromatic rings. The molecule has 1 fully saturated rings. The molecule has 2 unspecified atom stereocenters. The van der Waals surface area contributed by atoms with Crippen molar-refractivity contribution in [3.8, 4) is 0 Å². The number of rotatable bonds is 1. The van der Waals surface area contributed by atoms with Crippen LogP contribution in [-0.2, 0) is 11.8 Å². The molecule has 4 N–H and O–H groups in total. The molecule has 0 saturated heterocycles. The Bertz CT molecular complexity index is 181. The van der Waals surface area contributed by atoms with Crippen molar-refractivity contribution in [3.63, 3.8) is 0 Å². The van der Waals surface area contributed by atoms with Gasteiger partial charge in [-0.25, -0.2) is 0 Å². The van der Waals surface area contributed by atoms with Gasteiger partial charge in [0.1, 0.15) is 0 Å². The highest BCUT2D eigenvalue weighted by Crippen LogP contribution is 2.44. The molecule has 0 amide bonds. The molecule has 0 bridgehead atoms. The van der Waals surface area contributed by atoms with Crippen molar-refractivity contribution in [3.05, 3.63) is 0 Å². The van der Waals surface area contributed by atoms with Gasteiger partial charge in [-0.15, -0.1) is 11.6 Å². The first-order valence-corrected chi connectivity index (χ1v) is 7.27. The Balaban J connectivity index is 2.62. The van der Waals surface area contributed by atoms with Crippen LogP contribution in [0.1, 0.15) is 25.7 Å². The molecule has 5 heteroatoms. The maximum absolute atomic E-state index is 6.07. The average molecular weight is 213 g/mol. The van der Waals surface area contributed by atoms with Crippen LogP contribution < -0.4 is 11.0 Å². The minimum atomic E-state index is -2.10. The summed E-state index contributed by atoms with van der Waals surface area (Å²) in [7, 11) is 0. The summed E-state index contributed by atoms with van der Waals surface area (Å²) in [5.41, 5.74) is 11.7. The van der Waals surface area contributed by atoms with Crippen LogP contribution in [0.3, 0.4) is 0 Å². The number of nitrogens with two attached hydrogens (primary N) is 2. The van der Waals surface area contributed by atoms with Crippen LogP contribution in [0.2, 0.25) is 0 Å². The lowest BCUT2D eigenvalue weighted by molar-refractivity contribution is 0.516. The van der Waals surface area contributed by atoms with E-state index in [2.05, 4.69) is 0 Å². The van der Waals surface area contributed by atoms with E-state index < -0.39 is 6.34 Å². The third-order valence-electron chi connectivity index (χ3n) is 2.17. The normalized spacial score (nSPS) is 33.7. The third-order valence-corrected chi connectivity index (χ3v) is 5.33. The average Bonchev–Trinajstić information content (AvgIpc) is 1.86. The summed E-state index contributed by atoms with van der Waals surface area (Å²) < 4.78 is 0. The quantitative estimate of drug-likeness (QED) is 0.515. The first-order chi connectivity index (χ1) is 5.02. The standard InChI is InChI=1S/C6H14ClN2PS/c7-5-3-1-2-4-6(5)10(8,9)11/h5-6H,1-4H2,(H4,8,9,11). The van der Waals surface area contributed by atoms with E-state index in [1.807, 2.05) is 0 Å². The molecular weight excluding hydrogens is 199 g/mol. The van der Waals surface area contributed by atoms with Crippen molar-refractivity contribution < 1.29 is 0 Å². The maximum atomic E-state index is 6.07. The van der Waals surface area contributed by atoms with E-state index in [0.717, 1.165) is 12.8 Å². The van der Waals surface area contributed by atoms with Gasteiger partial charge in [0, 0.05) is 11.0 Å². The molecule has 0 spiro atoms. The molecule has 0 aliphatic heterocycles. The van der Waals surface area contributed by atoms with Crippen molar-refractivity contribution in [2.45, 2.75) is 36.7 Å². The minimum absolute atomic E-state index is 0.129. The van der Waals surface area contributed by atoms with Crippen molar-refractivity contribution in [2.24, 2.45) is 11.0 Å². The van der Waals surface area contributed by atoms with Crippen LogP contribution in [-0.4, -0.2) is 11.0 Å². The molecule has 1 aliphatic carbocycles. The fourth-order valence-corrected chi connectivity index (χ4v) is 4.56. The van der Waals surface area contributed by atoms with Gasteiger partial charge in [-0.05, 0) is 12.8 Å². The van der Waals surface area contributed by atoms with Gasteiger partial charge in [-0.3, -0.25) is 11.0 Å². The van der Waals surface area contributed by atoms with Gasteiger partial charge in [-0.1, -0.05) is 24.6 Å². The molecule has 1 rings (SSSR count). The summed E-state index contributed by atoms with van der Waals surface area (Å²) in [5.74, 6) is 0. The fraction of sp³-hybridized carbons (Fsp3) is 1.00. The van der Waals surface area contributed by atoms with Crippen LogP contribution in [0.25, 0.3) is 0 Å². The maximum Gasteiger partial charge on any atom is 0.0716 e. The predicted octanol–water partition coefficient (Wildman–Crippen LogP) is 1.76. The number of alkyl halides is 1. The molecule has 66 valence electrons. The van der Waals surface area contributed by atoms with Gasteiger partial charge < -0.3 is 0 Å².